The number of hydrogen-bond donors (Lipinski definition) is 0. The Morgan fingerprint density at radius 3 is 2.38 bits per heavy atom. The number of rotatable bonds is 3. The number of amides is 1. The van der Waals surface area contributed by atoms with E-state index in [1.165, 1.54) is 11.8 Å². The van der Waals surface area contributed by atoms with Crippen molar-refractivity contribution in [1.29, 1.82) is 0 Å². The molecular weight excluding hydrogens is 443 g/mol. The van der Waals surface area contributed by atoms with E-state index in [0.717, 1.165) is 28.3 Å². The number of carbonyl (C=O) groups excluding carboxylic acids is 1. The van der Waals surface area contributed by atoms with Crippen molar-refractivity contribution in [2.75, 3.05) is 4.90 Å². The molecule has 7 heteroatoms. The van der Waals surface area contributed by atoms with Crippen molar-refractivity contribution >= 4 is 69.2 Å². The number of halogens is 2. The lowest BCUT2D eigenvalue weighted by atomic mass is 10.2. The standard InChI is InChI=1S/C22H16Cl2N2OS2/c1-13-10-15(14(2)25(13)17-8-9-18(23)19(24)12-17)11-20-21(27)26(22(28)29-20)16-6-4-3-5-7-16/h3-12H,1-2H3/b20-11+. The van der Waals surface area contributed by atoms with Gasteiger partial charge in [-0.1, -0.05) is 65.4 Å². The summed E-state index contributed by atoms with van der Waals surface area (Å²) >= 11 is 19.0. The highest BCUT2D eigenvalue weighted by Crippen LogP contribution is 2.37. The molecule has 0 unspecified atom stereocenters. The van der Waals surface area contributed by atoms with Crippen LogP contribution in [-0.2, 0) is 4.79 Å². The number of benzene rings is 2. The lowest BCUT2D eigenvalue weighted by molar-refractivity contribution is -0.113. The van der Waals surface area contributed by atoms with E-state index in [9.17, 15) is 4.79 Å². The van der Waals surface area contributed by atoms with Gasteiger partial charge in [-0.15, -0.1) is 0 Å². The zero-order valence-electron chi connectivity index (χ0n) is 15.6. The summed E-state index contributed by atoms with van der Waals surface area (Å²) in [5.41, 5.74) is 4.70. The van der Waals surface area contributed by atoms with Gasteiger partial charge in [0.2, 0.25) is 0 Å². The molecule has 0 N–H and O–H groups in total. The van der Waals surface area contributed by atoms with Crippen molar-refractivity contribution < 1.29 is 4.79 Å². The van der Waals surface area contributed by atoms with E-state index in [1.807, 2.05) is 68.5 Å². The molecule has 0 saturated carbocycles. The van der Waals surface area contributed by atoms with Crippen LogP contribution >= 0.6 is 47.2 Å². The van der Waals surface area contributed by atoms with Crippen molar-refractivity contribution in [1.82, 2.24) is 4.57 Å². The number of carbonyl (C=O) groups is 1. The van der Waals surface area contributed by atoms with Gasteiger partial charge in [0.1, 0.15) is 0 Å². The van der Waals surface area contributed by atoms with Crippen LogP contribution in [0.2, 0.25) is 10.0 Å². The Morgan fingerprint density at radius 1 is 0.966 bits per heavy atom. The number of thiocarbonyl (C=S) groups is 1. The molecule has 1 saturated heterocycles. The average Bonchev–Trinajstić information content (AvgIpc) is 3.13. The Bertz CT molecular complexity index is 1170. The first-order chi connectivity index (χ1) is 13.9. The maximum absolute atomic E-state index is 13.0. The van der Waals surface area contributed by atoms with Gasteiger partial charge < -0.3 is 4.57 Å². The monoisotopic (exact) mass is 458 g/mol. The Labute approximate surface area is 188 Å². The molecule has 1 aliphatic heterocycles. The molecule has 1 aliphatic rings. The van der Waals surface area contributed by atoms with Crippen molar-refractivity contribution in [3.8, 4) is 5.69 Å². The summed E-state index contributed by atoms with van der Waals surface area (Å²) in [5, 5.41) is 1.02. The Kier molecular flexibility index (Phi) is 5.58. The van der Waals surface area contributed by atoms with E-state index in [-0.39, 0.29) is 5.91 Å². The zero-order chi connectivity index (χ0) is 20.7. The predicted molar refractivity (Wildman–Crippen MR) is 127 cm³/mol. The van der Waals surface area contributed by atoms with Gasteiger partial charge in [-0.05, 0) is 61.9 Å². The molecule has 4 rings (SSSR count). The zero-order valence-corrected chi connectivity index (χ0v) is 18.8. The van der Waals surface area contributed by atoms with E-state index in [4.69, 9.17) is 35.4 Å². The van der Waals surface area contributed by atoms with Gasteiger partial charge in [0, 0.05) is 17.1 Å². The van der Waals surface area contributed by atoms with Crippen LogP contribution in [0.5, 0.6) is 0 Å². The van der Waals surface area contributed by atoms with Gasteiger partial charge in [-0.25, -0.2) is 0 Å². The molecule has 146 valence electrons. The summed E-state index contributed by atoms with van der Waals surface area (Å²) in [6.45, 7) is 4.03. The second-order valence-corrected chi connectivity index (χ2v) is 9.10. The minimum Gasteiger partial charge on any atom is -0.318 e. The Morgan fingerprint density at radius 2 is 1.69 bits per heavy atom. The lowest BCUT2D eigenvalue weighted by Gasteiger charge is -2.13. The maximum Gasteiger partial charge on any atom is 0.270 e. The van der Waals surface area contributed by atoms with Crippen molar-refractivity contribution in [3.63, 3.8) is 0 Å². The summed E-state index contributed by atoms with van der Waals surface area (Å²) < 4.78 is 2.62. The number of aromatic nitrogens is 1. The average molecular weight is 459 g/mol. The van der Waals surface area contributed by atoms with Gasteiger partial charge >= 0.3 is 0 Å². The van der Waals surface area contributed by atoms with E-state index in [1.54, 1.807) is 11.0 Å². The van der Waals surface area contributed by atoms with Crippen LogP contribution < -0.4 is 4.90 Å². The van der Waals surface area contributed by atoms with E-state index in [2.05, 4.69) is 4.57 Å². The lowest BCUT2D eigenvalue weighted by Crippen LogP contribution is -2.27. The van der Waals surface area contributed by atoms with Crippen LogP contribution in [0, 0.1) is 13.8 Å². The van der Waals surface area contributed by atoms with Gasteiger partial charge in [0.05, 0.1) is 20.6 Å². The third-order valence-corrected chi connectivity index (χ3v) is 6.77. The van der Waals surface area contributed by atoms with Crippen LogP contribution in [0.25, 0.3) is 11.8 Å². The molecule has 29 heavy (non-hydrogen) atoms. The van der Waals surface area contributed by atoms with Crippen LogP contribution in [0.1, 0.15) is 17.0 Å². The summed E-state index contributed by atoms with van der Waals surface area (Å²) in [7, 11) is 0. The predicted octanol–water partition coefficient (Wildman–Crippen LogP) is 6.81. The molecule has 3 nitrogen and oxygen atoms in total. The van der Waals surface area contributed by atoms with E-state index in [0.29, 0.717) is 19.3 Å². The van der Waals surface area contributed by atoms with Crippen LogP contribution in [0.15, 0.2) is 59.5 Å². The molecule has 0 atom stereocenters. The minimum atomic E-state index is -0.106. The first-order valence-corrected chi connectivity index (χ1v) is 10.8. The van der Waals surface area contributed by atoms with E-state index >= 15 is 0 Å². The molecule has 2 aromatic carbocycles. The fourth-order valence-corrected chi connectivity index (χ4v) is 4.95. The molecule has 0 aliphatic carbocycles. The van der Waals surface area contributed by atoms with Crippen molar-refractivity contribution in [2.45, 2.75) is 13.8 Å². The summed E-state index contributed by atoms with van der Waals surface area (Å²) in [5.74, 6) is -0.106. The van der Waals surface area contributed by atoms with Crippen molar-refractivity contribution in [3.05, 3.63) is 86.5 Å². The number of hydrogen-bond acceptors (Lipinski definition) is 3. The number of nitrogens with zero attached hydrogens (tertiary/aromatic N) is 2. The molecule has 1 fully saturated rings. The number of para-hydroxylation sites is 1. The maximum atomic E-state index is 13.0. The van der Waals surface area contributed by atoms with E-state index < -0.39 is 0 Å². The minimum absolute atomic E-state index is 0.106. The second-order valence-electron chi connectivity index (χ2n) is 6.61. The highest BCUT2D eigenvalue weighted by atomic mass is 35.5. The molecule has 1 aromatic heterocycles. The van der Waals surface area contributed by atoms with Crippen LogP contribution in [-0.4, -0.2) is 14.8 Å². The summed E-state index contributed by atoms with van der Waals surface area (Å²) in [6.07, 6.45) is 1.90. The first kappa shape index (κ1) is 20.2. The van der Waals surface area contributed by atoms with Gasteiger partial charge in [-0.3, -0.25) is 9.69 Å². The third kappa shape index (κ3) is 3.76. The molecule has 3 aromatic rings. The quantitative estimate of drug-likeness (QED) is 0.318. The van der Waals surface area contributed by atoms with Gasteiger partial charge in [0.15, 0.2) is 4.32 Å². The van der Waals surface area contributed by atoms with Gasteiger partial charge in [-0.2, -0.15) is 0 Å². The molecule has 1 amide bonds. The molecule has 2 heterocycles. The highest BCUT2D eigenvalue weighted by Gasteiger charge is 2.33. The topological polar surface area (TPSA) is 25.2 Å². The summed E-state index contributed by atoms with van der Waals surface area (Å²) in [6, 6.07) is 17.0. The summed E-state index contributed by atoms with van der Waals surface area (Å²) in [4.78, 5) is 15.2. The molecule has 0 bridgehead atoms. The molecular formula is C22H16Cl2N2OS2. The van der Waals surface area contributed by atoms with Crippen molar-refractivity contribution in [2.24, 2.45) is 0 Å². The number of aryl methyl sites for hydroxylation is 1. The Hall–Kier alpha value is -2.05. The largest absolute Gasteiger partial charge is 0.318 e. The number of anilines is 1. The molecule has 0 radical (unpaired) electrons. The fraction of sp³-hybridized carbons (Fsp3) is 0.0909. The Balaban J connectivity index is 1.71. The first-order valence-electron chi connectivity index (χ1n) is 8.84. The fourth-order valence-electron chi connectivity index (χ4n) is 3.36. The van der Waals surface area contributed by atoms with Crippen LogP contribution in [0.4, 0.5) is 5.69 Å². The highest BCUT2D eigenvalue weighted by molar-refractivity contribution is 8.27. The number of thioether (sulfide) groups is 1. The normalized spacial score (nSPS) is 15.6. The second kappa shape index (κ2) is 8.00. The van der Waals surface area contributed by atoms with Crippen LogP contribution in [0.3, 0.4) is 0 Å². The molecule has 0 spiro atoms. The SMILES string of the molecule is Cc1cc(/C=C2/SC(=S)N(c3ccccc3)C2=O)c(C)n1-c1ccc(Cl)c(Cl)c1. The smallest absolute Gasteiger partial charge is 0.270 e. The van der Waals surface area contributed by atoms with Gasteiger partial charge in [0.25, 0.3) is 5.91 Å². The third-order valence-electron chi connectivity index (χ3n) is 4.73.